The van der Waals surface area contributed by atoms with Gasteiger partial charge in [-0.1, -0.05) is 6.92 Å². The normalized spacial score (nSPS) is 11.8. The lowest BCUT2D eigenvalue weighted by molar-refractivity contribution is -0.384. The van der Waals surface area contributed by atoms with Crippen LogP contribution in [0.4, 0.5) is 11.4 Å². The average molecular weight is 296 g/mol. The topological polar surface area (TPSA) is 92.9 Å². The molecule has 0 aliphatic carbocycles. The Labute approximate surface area is 123 Å². The van der Waals surface area contributed by atoms with Crippen molar-refractivity contribution in [1.29, 1.82) is 0 Å². The Morgan fingerprint density at radius 3 is 2.57 bits per heavy atom. The first-order valence-corrected chi connectivity index (χ1v) is 6.79. The first-order chi connectivity index (χ1) is 9.88. The Kier molecular flexibility index (Phi) is 5.95. The van der Waals surface area contributed by atoms with Crippen molar-refractivity contribution in [2.24, 2.45) is 5.92 Å². The van der Waals surface area contributed by atoms with Crippen molar-refractivity contribution in [3.63, 3.8) is 0 Å². The molecular weight excluding hydrogens is 276 g/mol. The van der Waals surface area contributed by atoms with E-state index in [1.165, 1.54) is 12.1 Å². The number of non-ortho nitro benzene ring substituents is 1. The van der Waals surface area contributed by atoms with Gasteiger partial charge < -0.3 is 14.7 Å². The highest BCUT2D eigenvalue weighted by Crippen LogP contribution is 2.29. The van der Waals surface area contributed by atoms with Crippen molar-refractivity contribution in [3.05, 3.63) is 28.3 Å². The fourth-order valence-corrected chi connectivity index (χ4v) is 1.93. The largest absolute Gasteiger partial charge is 0.494 e. The van der Waals surface area contributed by atoms with E-state index < -0.39 is 16.8 Å². The highest BCUT2D eigenvalue weighted by molar-refractivity contribution is 5.70. The fraction of sp³-hybridized carbons (Fsp3) is 0.500. The van der Waals surface area contributed by atoms with Crippen LogP contribution in [0.25, 0.3) is 0 Å². The van der Waals surface area contributed by atoms with Crippen LogP contribution in [0.5, 0.6) is 5.75 Å². The Morgan fingerprint density at radius 2 is 2.10 bits per heavy atom. The summed E-state index contributed by atoms with van der Waals surface area (Å²) < 4.78 is 5.34. The summed E-state index contributed by atoms with van der Waals surface area (Å²) in [6, 6.07) is 4.48. The number of nitro groups is 1. The lowest BCUT2D eigenvalue weighted by Crippen LogP contribution is -2.31. The number of hydrogen-bond donors (Lipinski definition) is 1. The maximum atomic E-state index is 11.0. The summed E-state index contributed by atoms with van der Waals surface area (Å²) in [5.74, 6) is -1.06. The standard InChI is InChI=1S/C14H20N2O5/c1-4-15(9-10(3)14(17)18)11-6-12(16(19)20)8-13(7-11)21-5-2/h6-8,10H,4-5,9H2,1-3H3,(H,17,18). The second kappa shape index (κ2) is 7.47. The van der Waals surface area contributed by atoms with E-state index in [1.807, 2.05) is 6.92 Å². The number of carboxylic acid groups (broad SMARTS) is 1. The number of rotatable bonds is 8. The van der Waals surface area contributed by atoms with Crippen molar-refractivity contribution < 1.29 is 19.6 Å². The van der Waals surface area contributed by atoms with Gasteiger partial charge in [-0.25, -0.2) is 0 Å². The number of aliphatic carboxylic acids is 1. The predicted octanol–water partition coefficient (Wildman–Crippen LogP) is 2.54. The van der Waals surface area contributed by atoms with Gasteiger partial charge in [0.25, 0.3) is 5.69 Å². The minimum Gasteiger partial charge on any atom is -0.494 e. The molecule has 0 aliphatic rings. The molecular formula is C14H20N2O5. The van der Waals surface area contributed by atoms with Crippen molar-refractivity contribution in [2.45, 2.75) is 20.8 Å². The lowest BCUT2D eigenvalue weighted by Gasteiger charge is -2.25. The van der Waals surface area contributed by atoms with Crippen molar-refractivity contribution in [2.75, 3.05) is 24.6 Å². The van der Waals surface area contributed by atoms with E-state index in [0.29, 0.717) is 24.6 Å². The van der Waals surface area contributed by atoms with Crippen molar-refractivity contribution in [1.82, 2.24) is 0 Å². The Hall–Kier alpha value is -2.31. The van der Waals surface area contributed by atoms with Crippen molar-refractivity contribution >= 4 is 17.3 Å². The van der Waals surface area contributed by atoms with E-state index in [9.17, 15) is 14.9 Å². The Bertz CT molecular complexity index is 518. The second-order valence-electron chi connectivity index (χ2n) is 4.65. The molecule has 0 heterocycles. The molecule has 0 aliphatic heterocycles. The number of nitrogens with zero attached hydrogens (tertiary/aromatic N) is 2. The first-order valence-electron chi connectivity index (χ1n) is 6.79. The summed E-state index contributed by atoms with van der Waals surface area (Å²) in [6.45, 7) is 6.49. The molecule has 0 aromatic heterocycles. The van der Waals surface area contributed by atoms with Gasteiger partial charge in [0.2, 0.25) is 0 Å². The number of ether oxygens (including phenoxy) is 1. The highest BCUT2D eigenvalue weighted by Gasteiger charge is 2.19. The molecule has 7 heteroatoms. The van der Waals surface area contributed by atoms with Crippen LogP contribution in [0.3, 0.4) is 0 Å². The molecule has 116 valence electrons. The van der Waals surface area contributed by atoms with E-state index in [1.54, 1.807) is 24.8 Å². The number of nitro benzene ring substituents is 1. The molecule has 0 bridgehead atoms. The summed E-state index contributed by atoms with van der Waals surface area (Å²) >= 11 is 0. The summed E-state index contributed by atoms with van der Waals surface area (Å²) in [7, 11) is 0. The second-order valence-corrected chi connectivity index (χ2v) is 4.65. The van der Waals surface area contributed by atoms with Crippen LogP contribution in [-0.2, 0) is 4.79 Å². The monoisotopic (exact) mass is 296 g/mol. The molecule has 0 amide bonds. The molecule has 1 aromatic carbocycles. The number of carbonyl (C=O) groups is 1. The molecule has 7 nitrogen and oxygen atoms in total. The van der Waals surface area contributed by atoms with Gasteiger partial charge in [0.1, 0.15) is 5.75 Å². The Balaban J connectivity index is 3.12. The van der Waals surface area contributed by atoms with Gasteiger partial charge in [-0.05, 0) is 13.8 Å². The molecule has 0 spiro atoms. The molecule has 21 heavy (non-hydrogen) atoms. The van der Waals surface area contributed by atoms with Gasteiger partial charge in [0.15, 0.2) is 0 Å². The van der Waals surface area contributed by atoms with E-state index in [0.717, 1.165) is 0 Å². The summed E-state index contributed by atoms with van der Waals surface area (Å²) in [4.78, 5) is 23.3. The lowest BCUT2D eigenvalue weighted by atomic mass is 10.1. The molecule has 1 N–H and O–H groups in total. The predicted molar refractivity (Wildman–Crippen MR) is 79.0 cm³/mol. The minimum absolute atomic E-state index is 0.0719. The van der Waals surface area contributed by atoms with E-state index >= 15 is 0 Å². The quantitative estimate of drug-likeness (QED) is 0.585. The molecule has 1 aromatic rings. The van der Waals surface area contributed by atoms with E-state index in [2.05, 4.69) is 0 Å². The van der Waals surface area contributed by atoms with E-state index in [4.69, 9.17) is 9.84 Å². The van der Waals surface area contributed by atoms with Crippen LogP contribution in [0, 0.1) is 16.0 Å². The van der Waals surface area contributed by atoms with Gasteiger partial charge in [0.05, 0.1) is 23.5 Å². The van der Waals surface area contributed by atoms with Gasteiger partial charge in [0, 0.05) is 30.9 Å². The summed E-state index contributed by atoms with van der Waals surface area (Å²) in [5, 5.41) is 20.0. The molecule has 0 saturated carbocycles. The minimum atomic E-state index is -0.899. The molecule has 1 unspecified atom stereocenters. The van der Waals surface area contributed by atoms with Crippen LogP contribution in [0.15, 0.2) is 18.2 Å². The average Bonchev–Trinajstić information content (AvgIpc) is 2.44. The van der Waals surface area contributed by atoms with Crippen LogP contribution in [-0.4, -0.2) is 35.7 Å². The highest BCUT2D eigenvalue weighted by atomic mass is 16.6. The Morgan fingerprint density at radius 1 is 1.43 bits per heavy atom. The molecule has 1 atom stereocenters. The van der Waals surface area contributed by atoms with E-state index in [-0.39, 0.29) is 12.2 Å². The maximum Gasteiger partial charge on any atom is 0.308 e. The first kappa shape index (κ1) is 16.7. The number of anilines is 1. The van der Waals surface area contributed by atoms with Crippen LogP contribution >= 0.6 is 0 Å². The molecule has 0 fully saturated rings. The maximum absolute atomic E-state index is 11.0. The number of hydrogen-bond acceptors (Lipinski definition) is 5. The van der Waals surface area contributed by atoms with Gasteiger partial charge in [-0.2, -0.15) is 0 Å². The third-order valence-electron chi connectivity index (χ3n) is 3.06. The van der Waals surface area contributed by atoms with Gasteiger partial charge in [-0.3, -0.25) is 14.9 Å². The number of carboxylic acids is 1. The zero-order valence-corrected chi connectivity index (χ0v) is 12.4. The molecule has 0 radical (unpaired) electrons. The molecule has 1 rings (SSSR count). The number of benzene rings is 1. The zero-order valence-electron chi connectivity index (χ0n) is 12.4. The molecule has 0 saturated heterocycles. The van der Waals surface area contributed by atoms with Crippen LogP contribution < -0.4 is 9.64 Å². The third-order valence-corrected chi connectivity index (χ3v) is 3.06. The fourth-order valence-electron chi connectivity index (χ4n) is 1.93. The third kappa shape index (κ3) is 4.62. The SMILES string of the molecule is CCOc1cc(N(CC)CC(C)C(=O)O)cc([N+](=O)[O-])c1. The zero-order chi connectivity index (χ0) is 16.0. The summed E-state index contributed by atoms with van der Waals surface area (Å²) in [5.41, 5.74) is 0.514. The smallest absolute Gasteiger partial charge is 0.308 e. The van der Waals surface area contributed by atoms with Crippen LogP contribution in [0.1, 0.15) is 20.8 Å². The van der Waals surface area contributed by atoms with Gasteiger partial charge >= 0.3 is 5.97 Å². The summed E-state index contributed by atoms with van der Waals surface area (Å²) in [6.07, 6.45) is 0. The van der Waals surface area contributed by atoms with Crippen LogP contribution in [0.2, 0.25) is 0 Å². The van der Waals surface area contributed by atoms with Gasteiger partial charge in [-0.15, -0.1) is 0 Å². The van der Waals surface area contributed by atoms with Crippen molar-refractivity contribution in [3.8, 4) is 5.75 Å².